The molecule has 1 nitrogen and oxygen atoms in total. The van der Waals surface area contributed by atoms with Gasteiger partial charge in [-0.05, 0) is 0 Å². The Morgan fingerprint density at radius 2 is 1.57 bits per heavy atom. The number of hydrogen-bond acceptors (Lipinski definition) is 1. The Morgan fingerprint density at radius 1 is 0.957 bits per heavy atom. The van der Waals surface area contributed by atoms with E-state index in [0.717, 1.165) is 11.4 Å². The first-order valence-corrected chi connectivity index (χ1v) is 10.6. The molecule has 0 aliphatic carbocycles. The summed E-state index contributed by atoms with van der Waals surface area (Å²) in [7, 11) is 0. The van der Waals surface area contributed by atoms with E-state index >= 15 is 0 Å². The topological polar surface area (TPSA) is 3.24 Å². The molecule has 0 N–H and O–H groups in total. The van der Waals surface area contributed by atoms with Crippen molar-refractivity contribution in [2.75, 3.05) is 6.54 Å². The third-order valence-corrected chi connectivity index (χ3v) is 7.78. The molecule has 0 spiro atoms. The van der Waals surface area contributed by atoms with E-state index in [2.05, 4.69) is 79.4 Å². The van der Waals surface area contributed by atoms with Gasteiger partial charge in [0.2, 0.25) is 0 Å². The average Bonchev–Trinajstić information content (AvgIpc) is 2.94. The van der Waals surface area contributed by atoms with Crippen molar-refractivity contribution in [3.63, 3.8) is 0 Å². The van der Waals surface area contributed by atoms with Crippen LogP contribution in [0.4, 0.5) is 0 Å². The number of hydrogen-bond donors (Lipinski definition) is 0. The van der Waals surface area contributed by atoms with Gasteiger partial charge in [0.15, 0.2) is 0 Å². The van der Waals surface area contributed by atoms with Gasteiger partial charge >= 0.3 is 147 Å². The Morgan fingerprint density at radius 3 is 2.17 bits per heavy atom. The second-order valence-electron chi connectivity index (χ2n) is 6.55. The van der Waals surface area contributed by atoms with Gasteiger partial charge in [-0.2, -0.15) is 0 Å². The minimum absolute atomic E-state index is 0.400. The molecule has 2 aromatic carbocycles. The summed E-state index contributed by atoms with van der Waals surface area (Å²) in [6.07, 6.45) is 3.89. The Labute approximate surface area is 147 Å². The molecule has 0 bridgehead atoms. The standard InChI is InChI=1S/C21H27NSe/c1-3-21(4-2)15-20(23-19-13-9-6-10-14-19)17-22(21)16-18-11-7-5-8-12-18/h5-14,20H,3-4,15-17H2,1-2H3. The van der Waals surface area contributed by atoms with E-state index in [1.165, 1.54) is 31.4 Å². The van der Waals surface area contributed by atoms with E-state index in [-0.39, 0.29) is 0 Å². The number of nitrogens with zero attached hydrogens (tertiary/aromatic N) is 1. The molecule has 1 heterocycles. The number of rotatable bonds is 6. The zero-order chi connectivity index (χ0) is 16.1. The van der Waals surface area contributed by atoms with Crippen molar-refractivity contribution in [1.29, 1.82) is 0 Å². The fourth-order valence-electron chi connectivity index (χ4n) is 3.85. The molecule has 0 radical (unpaired) electrons. The van der Waals surface area contributed by atoms with E-state index in [9.17, 15) is 0 Å². The van der Waals surface area contributed by atoms with Gasteiger partial charge in [0, 0.05) is 0 Å². The monoisotopic (exact) mass is 373 g/mol. The predicted molar refractivity (Wildman–Crippen MR) is 100 cm³/mol. The summed E-state index contributed by atoms with van der Waals surface area (Å²) < 4.78 is 1.55. The Balaban J connectivity index is 1.74. The zero-order valence-electron chi connectivity index (χ0n) is 14.2. The van der Waals surface area contributed by atoms with Crippen LogP contribution in [0.2, 0.25) is 4.82 Å². The molecular weight excluding hydrogens is 345 g/mol. The van der Waals surface area contributed by atoms with Crippen LogP contribution < -0.4 is 4.46 Å². The molecule has 1 saturated heterocycles. The molecule has 1 atom stereocenters. The summed E-state index contributed by atoms with van der Waals surface area (Å²) in [5.41, 5.74) is 1.85. The van der Waals surface area contributed by atoms with Crippen LogP contribution in [0.25, 0.3) is 0 Å². The van der Waals surface area contributed by atoms with Crippen LogP contribution in [-0.2, 0) is 6.54 Å². The van der Waals surface area contributed by atoms with Crippen LogP contribution in [0.5, 0.6) is 0 Å². The molecule has 2 heteroatoms. The molecule has 0 saturated carbocycles. The zero-order valence-corrected chi connectivity index (χ0v) is 16.0. The third-order valence-electron chi connectivity index (χ3n) is 5.28. The van der Waals surface area contributed by atoms with Crippen molar-refractivity contribution in [2.45, 2.75) is 50.0 Å². The molecule has 1 aliphatic rings. The summed E-state index contributed by atoms with van der Waals surface area (Å²) in [6, 6.07) is 22.1. The van der Waals surface area contributed by atoms with Gasteiger partial charge in [-0.25, -0.2) is 0 Å². The van der Waals surface area contributed by atoms with Crippen molar-refractivity contribution in [2.24, 2.45) is 0 Å². The van der Waals surface area contributed by atoms with Crippen LogP contribution in [0, 0.1) is 0 Å². The molecule has 2 aromatic rings. The van der Waals surface area contributed by atoms with Crippen molar-refractivity contribution in [3.8, 4) is 0 Å². The summed E-state index contributed by atoms with van der Waals surface area (Å²) in [5, 5.41) is 0. The Hall–Kier alpha value is -1.08. The second kappa shape index (κ2) is 7.66. The summed E-state index contributed by atoms with van der Waals surface area (Å²) in [4.78, 5) is 3.62. The van der Waals surface area contributed by atoms with Gasteiger partial charge in [0.25, 0.3) is 0 Å². The van der Waals surface area contributed by atoms with E-state index < -0.39 is 0 Å². The first kappa shape index (κ1) is 16.8. The second-order valence-corrected chi connectivity index (χ2v) is 9.44. The quantitative estimate of drug-likeness (QED) is 0.685. The first-order valence-electron chi connectivity index (χ1n) is 8.76. The molecule has 0 aromatic heterocycles. The fraction of sp³-hybridized carbons (Fsp3) is 0.429. The van der Waals surface area contributed by atoms with Crippen LogP contribution in [0.15, 0.2) is 60.7 Å². The van der Waals surface area contributed by atoms with Crippen molar-refractivity contribution in [1.82, 2.24) is 4.90 Å². The van der Waals surface area contributed by atoms with E-state index in [1.54, 1.807) is 4.46 Å². The van der Waals surface area contributed by atoms with Crippen LogP contribution in [0.1, 0.15) is 38.7 Å². The van der Waals surface area contributed by atoms with E-state index in [1.807, 2.05) is 0 Å². The summed E-state index contributed by atoms with van der Waals surface area (Å²) in [5.74, 6) is 0. The first-order chi connectivity index (χ1) is 11.3. The van der Waals surface area contributed by atoms with Gasteiger partial charge in [0.05, 0.1) is 0 Å². The molecule has 3 rings (SSSR count). The van der Waals surface area contributed by atoms with Gasteiger partial charge in [-0.15, -0.1) is 0 Å². The molecule has 1 aliphatic heterocycles. The van der Waals surface area contributed by atoms with Crippen molar-refractivity contribution >= 4 is 19.4 Å². The molecule has 23 heavy (non-hydrogen) atoms. The van der Waals surface area contributed by atoms with Gasteiger partial charge in [-0.3, -0.25) is 0 Å². The fourth-order valence-corrected chi connectivity index (χ4v) is 6.68. The van der Waals surface area contributed by atoms with Crippen LogP contribution >= 0.6 is 0 Å². The molecular formula is C21H27NSe. The Bertz CT molecular complexity index is 592. The predicted octanol–water partition coefficient (Wildman–Crippen LogP) is 4.27. The molecule has 1 unspecified atom stereocenters. The van der Waals surface area contributed by atoms with Crippen LogP contribution in [-0.4, -0.2) is 31.9 Å². The minimum atomic E-state index is 0.400. The van der Waals surface area contributed by atoms with E-state index in [0.29, 0.717) is 20.5 Å². The van der Waals surface area contributed by atoms with Crippen molar-refractivity contribution < 1.29 is 0 Å². The maximum atomic E-state index is 2.78. The molecule has 1 fully saturated rings. The third kappa shape index (κ3) is 3.88. The summed E-state index contributed by atoms with van der Waals surface area (Å²) >= 11 is 0.586. The maximum absolute atomic E-state index is 2.78. The number of benzene rings is 2. The normalized spacial score (nSPS) is 20.7. The van der Waals surface area contributed by atoms with Gasteiger partial charge < -0.3 is 0 Å². The average molecular weight is 372 g/mol. The van der Waals surface area contributed by atoms with Crippen molar-refractivity contribution in [3.05, 3.63) is 66.2 Å². The van der Waals surface area contributed by atoms with Gasteiger partial charge in [0.1, 0.15) is 0 Å². The SMILES string of the molecule is CCC1(CC)CC([Se]c2ccccc2)CN1Cc1ccccc1. The number of likely N-dealkylation sites (tertiary alicyclic amines) is 1. The Kier molecular flexibility index (Phi) is 5.58. The van der Waals surface area contributed by atoms with Gasteiger partial charge in [-0.1, -0.05) is 0 Å². The van der Waals surface area contributed by atoms with Crippen LogP contribution in [0.3, 0.4) is 0 Å². The van der Waals surface area contributed by atoms with E-state index in [4.69, 9.17) is 0 Å². The molecule has 122 valence electrons. The summed E-state index contributed by atoms with van der Waals surface area (Å²) in [6.45, 7) is 7.11. The molecule has 0 amide bonds.